The molecule has 2 N–H and O–H groups in total. The van der Waals surface area contributed by atoms with E-state index in [2.05, 4.69) is 20.3 Å². The summed E-state index contributed by atoms with van der Waals surface area (Å²) in [5.41, 5.74) is 0.508. The van der Waals surface area contributed by atoms with Crippen LogP contribution in [0.4, 0.5) is 18.9 Å². The van der Waals surface area contributed by atoms with Crippen molar-refractivity contribution >= 4 is 40.2 Å². The predicted molar refractivity (Wildman–Crippen MR) is 122 cm³/mol. The lowest BCUT2D eigenvalue weighted by molar-refractivity contribution is -0.140. The molecule has 1 saturated carbocycles. The van der Waals surface area contributed by atoms with Crippen LogP contribution in [0.2, 0.25) is 5.02 Å². The summed E-state index contributed by atoms with van der Waals surface area (Å²) in [6, 6.07) is 5.83. The second kappa shape index (κ2) is 9.43. The summed E-state index contributed by atoms with van der Waals surface area (Å²) in [4.78, 5) is 24.6. The number of halogens is 4. The molecule has 0 radical (unpaired) electrons. The topological polar surface area (TPSA) is 73.9 Å². The van der Waals surface area contributed by atoms with Crippen LogP contribution in [-0.4, -0.2) is 40.0 Å². The van der Waals surface area contributed by atoms with E-state index in [-0.39, 0.29) is 23.5 Å². The van der Waals surface area contributed by atoms with Gasteiger partial charge < -0.3 is 15.2 Å². The third-order valence-corrected chi connectivity index (χ3v) is 6.18. The van der Waals surface area contributed by atoms with E-state index in [9.17, 15) is 18.0 Å². The van der Waals surface area contributed by atoms with Crippen molar-refractivity contribution in [3.63, 3.8) is 0 Å². The van der Waals surface area contributed by atoms with E-state index in [0.717, 1.165) is 37.4 Å². The number of H-pyrrole nitrogens is 1. The van der Waals surface area contributed by atoms with Gasteiger partial charge in [-0.05, 0) is 56.0 Å². The fourth-order valence-electron chi connectivity index (χ4n) is 4.19. The number of nitrogens with zero attached hydrogens (tertiary/aromatic N) is 3. The zero-order valence-electron chi connectivity index (χ0n) is 17.9. The van der Waals surface area contributed by atoms with Crippen LogP contribution in [0.1, 0.15) is 37.1 Å². The quantitative estimate of drug-likeness (QED) is 0.495. The molecule has 0 spiro atoms. The zero-order valence-corrected chi connectivity index (χ0v) is 18.6. The highest BCUT2D eigenvalue weighted by Crippen LogP contribution is 2.37. The third-order valence-electron chi connectivity index (χ3n) is 5.94. The highest BCUT2D eigenvalue weighted by atomic mass is 35.5. The molecule has 33 heavy (non-hydrogen) atoms. The number of carbonyl (C=O) groups is 1. The Kier molecular flexibility index (Phi) is 6.60. The molecule has 1 aromatic carbocycles. The summed E-state index contributed by atoms with van der Waals surface area (Å²) in [6.07, 6.45) is 4.64. The molecule has 3 aromatic rings. The Morgan fingerprint density at radius 2 is 2.00 bits per heavy atom. The molecule has 0 unspecified atom stereocenters. The van der Waals surface area contributed by atoms with Crippen molar-refractivity contribution < 1.29 is 18.0 Å². The number of benzene rings is 1. The smallest absolute Gasteiger partial charge is 0.371 e. The highest BCUT2D eigenvalue weighted by molar-refractivity contribution is 6.31. The number of aromatic amines is 1. The molecule has 6 nitrogen and oxygen atoms in total. The van der Waals surface area contributed by atoms with Gasteiger partial charge in [0.15, 0.2) is 0 Å². The van der Waals surface area contributed by atoms with Crippen LogP contribution in [0.3, 0.4) is 0 Å². The van der Waals surface area contributed by atoms with Gasteiger partial charge in [-0.1, -0.05) is 11.6 Å². The van der Waals surface area contributed by atoms with Crippen LogP contribution < -0.4 is 10.2 Å². The second-order valence-corrected chi connectivity index (χ2v) is 8.59. The molecule has 1 aliphatic carbocycles. The van der Waals surface area contributed by atoms with Crippen molar-refractivity contribution in [3.05, 3.63) is 59.3 Å². The van der Waals surface area contributed by atoms with Crippen molar-refractivity contribution in [2.24, 2.45) is 0 Å². The molecule has 0 bridgehead atoms. The van der Waals surface area contributed by atoms with Crippen molar-refractivity contribution in [2.75, 3.05) is 11.9 Å². The standard InChI is InChI=1S/C23H23ClF3N5O/c1-32(20-11-21(23(25,26)27)31-19-8-2-14(24)10-18(19)20)17-6-3-15(4-7-17)30-22(33)9-5-16-12-28-13-29-16/h2,5,8-13,15,17H,3-4,6-7H2,1H3,(H,28,29)(H,30,33)/b9-5+. The molecule has 4 rings (SSSR count). The molecule has 1 amide bonds. The average molecular weight is 478 g/mol. The van der Waals surface area contributed by atoms with Crippen molar-refractivity contribution in [2.45, 2.75) is 43.9 Å². The van der Waals surface area contributed by atoms with Gasteiger partial charge in [-0.2, -0.15) is 13.2 Å². The summed E-state index contributed by atoms with van der Waals surface area (Å²) in [5, 5.41) is 4.01. The molecule has 1 aliphatic rings. The lowest BCUT2D eigenvalue weighted by Gasteiger charge is -2.36. The van der Waals surface area contributed by atoms with Gasteiger partial charge >= 0.3 is 6.18 Å². The van der Waals surface area contributed by atoms with Gasteiger partial charge in [0.2, 0.25) is 5.91 Å². The summed E-state index contributed by atoms with van der Waals surface area (Å²) >= 11 is 6.12. The number of carbonyl (C=O) groups excluding carboxylic acids is 1. The number of hydrogen-bond acceptors (Lipinski definition) is 4. The van der Waals surface area contributed by atoms with Crippen LogP contribution in [0, 0.1) is 0 Å². The summed E-state index contributed by atoms with van der Waals surface area (Å²) < 4.78 is 40.3. The van der Waals surface area contributed by atoms with Gasteiger partial charge in [-0.15, -0.1) is 0 Å². The number of nitrogens with one attached hydrogen (secondary N) is 2. The number of aromatic nitrogens is 3. The van der Waals surface area contributed by atoms with Crippen molar-refractivity contribution in [1.82, 2.24) is 20.3 Å². The van der Waals surface area contributed by atoms with Crippen LogP contribution in [0.15, 0.2) is 42.9 Å². The third kappa shape index (κ3) is 5.47. The number of anilines is 1. The van der Waals surface area contributed by atoms with Crippen molar-refractivity contribution in [3.8, 4) is 0 Å². The van der Waals surface area contributed by atoms with E-state index < -0.39 is 11.9 Å². The molecule has 2 aromatic heterocycles. The number of alkyl halides is 3. The van der Waals surface area contributed by atoms with Gasteiger partial charge in [0.1, 0.15) is 5.69 Å². The van der Waals surface area contributed by atoms with Gasteiger partial charge in [-0.3, -0.25) is 4.79 Å². The number of hydrogen-bond donors (Lipinski definition) is 2. The summed E-state index contributed by atoms with van der Waals surface area (Å²) in [7, 11) is 1.80. The minimum Gasteiger partial charge on any atom is -0.371 e. The lowest BCUT2D eigenvalue weighted by atomic mass is 9.89. The van der Waals surface area contributed by atoms with Crippen LogP contribution in [0.5, 0.6) is 0 Å². The first-order valence-electron chi connectivity index (χ1n) is 10.6. The second-order valence-electron chi connectivity index (χ2n) is 8.15. The Hall–Kier alpha value is -3.07. The summed E-state index contributed by atoms with van der Waals surface area (Å²) in [5.74, 6) is -0.189. The monoisotopic (exact) mass is 477 g/mol. The van der Waals surface area contributed by atoms with Crippen LogP contribution in [0.25, 0.3) is 17.0 Å². The maximum atomic E-state index is 13.4. The SMILES string of the molecule is CN(c1cc(C(F)(F)F)nc2ccc(Cl)cc12)C1CCC(NC(=O)/C=C/c2cnc[nH]2)CC1. The van der Waals surface area contributed by atoms with Gasteiger partial charge in [0, 0.05) is 41.3 Å². The number of fused-ring (bicyclic) bond motifs is 1. The molecular formula is C23H23ClF3N5O. The Balaban J connectivity index is 1.45. The molecule has 0 saturated heterocycles. The van der Waals surface area contributed by atoms with E-state index >= 15 is 0 Å². The average Bonchev–Trinajstić information content (AvgIpc) is 3.30. The largest absolute Gasteiger partial charge is 0.433 e. The van der Waals surface area contributed by atoms with E-state index in [0.29, 0.717) is 16.1 Å². The molecule has 2 heterocycles. The van der Waals surface area contributed by atoms with E-state index in [1.165, 1.54) is 24.5 Å². The Morgan fingerprint density at radius 1 is 1.24 bits per heavy atom. The summed E-state index contributed by atoms with van der Waals surface area (Å²) in [6.45, 7) is 0. The molecule has 10 heteroatoms. The Bertz CT molecular complexity index is 1150. The number of pyridine rings is 1. The Labute approximate surface area is 193 Å². The number of rotatable bonds is 5. The molecule has 174 valence electrons. The highest BCUT2D eigenvalue weighted by Gasteiger charge is 2.34. The maximum Gasteiger partial charge on any atom is 0.433 e. The predicted octanol–water partition coefficient (Wildman–Crippen LogP) is 5.21. The van der Waals surface area contributed by atoms with Crippen LogP contribution >= 0.6 is 11.6 Å². The minimum absolute atomic E-state index is 0.0166. The zero-order chi connectivity index (χ0) is 23.6. The lowest BCUT2D eigenvalue weighted by Crippen LogP contribution is -2.42. The first-order chi connectivity index (χ1) is 15.7. The molecule has 0 aliphatic heterocycles. The van der Waals surface area contributed by atoms with Gasteiger partial charge in [-0.25, -0.2) is 9.97 Å². The Morgan fingerprint density at radius 3 is 2.67 bits per heavy atom. The number of imidazole rings is 1. The van der Waals surface area contributed by atoms with Gasteiger partial charge in [0.25, 0.3) is 0 Å². The first-order valence-corrected chi connectivity index (χ1v) is 11.0. The maximum absolute atomic E-state index is 13.4. The minimum atomic E-state index is -4.55. The number of amides is 1. The molecular weight excluding hydrogens is 455 g/mol. The van der Waals surface area contributed by atoms with E-state index in [1.807, 2.05) is 4.90 Å². The first kappa shape index (κ1) is 23.1. The van der Waals surface area contributed by atoms with Crippen molar-refractivity contribution in [1.29, 1.82) is 0 Å². The van der Waals surface area contributed by atoms with E-state index in [4.69, 9.17) is 11.6 Å². The fourth-order valence-corrected chi connectivity index (χ4v) is 4.37. The van der Waals surface area contributed by atoms with E-state index in [1.54, 1.807) is 25.4 Å². The van der Waals surface area contributed by atoms with Gasteiger partial charge in [0.05, 0.1) is 23.7 Å². The molecule has 0 atom stereocenters. The fraction of sp³-hybridized carbons (Fsp3) is 0.348. The normalized spacial score (nSPS) is 19.2. The van der Waals surface area contributed by atoms with Crippen LogP contribution in [-0.2, 0) is 11.0 Å². The molecule has 1 fully saturated rings.